The Kier molecular flexibility index (Phi) is 3.09. The summed E-state index contributed by atoms with van der Waals surface area (Å²) in [5.41, 5.74) is 1.11. The molecule has 0 saturated carbocycles. The number of halogens is 1. The van der Waals surface area contributed by atoms with Crippen LogP contribution in [0.25, 0.3) is 5.52 Å². The largest absolute Gasteiger partial charge is 0.464 e. The number of ether oxygens (including phenoxy) is 1. The van der Waals surface area contributed by atoms with Crippen molar-refractivity contribution in [2.24, 2.45) is 0 Å². The zero-order valence-corrected chi connectivity index (χ0v) is 8.32. The number of methoxy groups -OCH3 is 1. The Bertz CT molecular complexity index is 453. The maximum Gasteiger partial charge on any atom is 0.358 e. The van der Waals surface area contributed by atoms with E-state index in [2.05, 4.69) is 9.72 Å². The van der Waals surface area contributed by atoms with Gasteiger partial charge in [0, 0.05) is 6.20 Å². The van der Waals surface area contributed by atoms with Crippen molar-refractivity contribution in [2.75, 3.05) is 7.11 Å². The van der Waals surface area contributed by atoms with Crippen LogP contribution in [0.15, 0.2) is 30.7 Å². The average molecular weight is 213 g/mol. The van der Waals surface area contributed by atoms with E-state index in [-0.39, 0.29) is 12.4 Å². The van der Waals surface area contributed by atoms with Gasteiger partial charge in [0.15, 0.2) is 5.69 Å². The minimum absolute atomic E-state index is 0. The Hall–Kier alpha value is -1.55. The Morgan fingerprint density at radius 3 is 3.00 bits per heavy atom. The van der Waals surface area contributed by atoms with E-state index in [1.54, 1.807) is 10.7 Å². The average Bonchev–Trinajstić information content (AvgIpc) is 2.60. The van der Waals surface area contributed by atoms with Crippen molar-refractivity contribution >= 4 is 23.9 Å². The van der Waals surface area contributed by atoms with Crippen molar-refractivity contribution < 1.29 is 9.53 Å². The van der Waals surface area contributed by atoms with Crippen LogP contribution >= 0.6 is 12.4 Å². The summed E-state index contributed by atoms with van der Waals surface area (Å²) in [7, 11) is 1.34. The number of hydrogen-bond donors (Lipinski definition) is 0. The molecule has 0 unspecified atom stereocenters. The second kappa shape index (κ2) is 4.11. The predicted octanol–water partition coefficient (Wildman–Crippen LogP) is 1.54. The molecule has 0 fully saturated rings. The van der Waals surface area contributed by atoms with Gasteiger partial charge in [0.1, 0.15) is 6.33 Å². The fraction of sp³-hybridized carbons (Fsp3) is 0.111. The van der Waals surface area contributed by atoms with Gasteiger partial charge in [0.25, 0.3) is 0 Å². The molecular formula is C9H9ClN2O2. The summed E-state index contributed by atoms with van der Waals surface area (Å²) in [6.45, 7) is 0. The standard InChI is InChI=1S/C9H8N2O2.ClH/c1-13-9(12)8-7-4-2-3-5-11(7)6-10-8;/h2-6H,1H3;1H. The van der Waals surface area contributed by atoms with Crippen LogP contribution in [0.5, 0.6) is 0 Å². The van der Waals surface area contributed by atoms with Gasteiger partial charge >= 0.3 is 5.97 Å². The van der Waals surface area contributed by atoms with Crippen molar-refractivity contribution in [1.29, 1.82) is 0 Å². The number of esters is 1. The van der Waals surface area contributed by atoms with Crippen LogP contribution in [0.4, 0.5) is 0 Å². The molecule has 0 atom stereocenters. The Morgan fingerprint density at radius 2 is 2.29 bits per heavy atom. The lowest BCUT2D eigenvalue weighted by Crippen LogP contribution is -2.01. The van der Waals surface area contributed by atoms with Gasteiger partial charge in [-0.25, -0.2) is 9.78 Å². The van der Waals surface area contributed by atoms with Crippen LogP contribution < -0.4 is 0 Å². The van der Waals surface area contributed by atoms with Gasteiger partial charge in [0.05, 0.1) is 12.6 Å². The summed E-state index contributed by atoms with van der Waals surface area (Å²) in [6, 6.07) is 5.54. The summed E-state index contributed by atoms with van der Waals surface area (Å²) in [4.78, 5) is 15.1. The van der Waals surface area contributed by atoms with Crippen LogP contribution in [0, 0.1) is 0 Å². The van der Waals surface area contributed by atoms with Crippen LogP contribution in [0.3, 0.4) is 0 Å². The van der Waals surface area contributed by atoms with Gasteiger partial charge in [-0.1, -0.05) is 6.07 Å². The van der Waals surface area contributed by atoms with Crippen molar-refractivity contribution in [3.8, 4) is 0 Å². The Morgan fingerprint density at radius 1 is 1.50 bits per heavy atom. The maximum atomic E-state index is 11.2. The molecule has 0 N–H and O–H groups in total. The summed E-state index contributed by atoms with van der Waals surface area (Å²) < 4.78 is 6.36. The molecule has 0 aromatic carbocycles. The molecule has 0 bridgehead atoms. The summed E-state index contributed by atoms with van der Waals surface area (Å²) in [5, 5.41) is 0. The molecular weight excluding hydrogens is 204 g/mol. The van der Waals surface area contributed by atoms with Crippen LogP contribution in [-0.4, -0.2) is 22.5 Å². The molecule has 0 aliphatic rings. The van der Waals surface area contributed by atoms with Gasteiger partial charge < -0.3 is 9.14 Å². The van der Waals surface area contributed by atoms with E-state index in [1.807, 2.05) is 24.4 Å². The number of carbonyl (C=O) groups excluding carboxylic acids is 1. The molecule has 0 aliphatic carbocycles. The molecule has 0 radical (unpaired) electrons. The number of nitrogens with zero attached hydrogens (tertiary/aromatic N) is 2. The quantitative estimate of drug-likeness (QED) is 0.674. The van der Waals surface area contributed by atoms with E-state index >= 15 is 0 Å². The second-order valence-corrected chi connectivity index (χ2v) is 2.58. The van der Waals surface area contributed by atoms with Crippen LogP contribution in [-0.2, 0) is 4.74 Å². The zero-order chi connectivity index (χ0) is 9.26. The number of imidazole rings is 1. The fourth-order valence-electron chi connectivity index (χ4n) is 1.20. The Balaban J connectivity index is 0.000000980. The molecule has 74 valence electrons. The molecule has 4 nitrogen and oxygen atoms in total. The van der Waals surface area contributed by atoms with E-state index in [9.17, 15) is 4.79 Å². The highest BCUT2D eigenvalue weighted by Gasteiger charge is 2.12. The minimum atomic E-state index is -0.409. The monoisotopic (exact) mass is 212 g/mol. The molecule has 0 spiro atoms. The Labute approximate surface area is 86.9 Å². The second-order valence-electron chi connectivity index (χ2n) is 2.58. The zero-order valence-electron chi connectivity index (χ0n) is 7.51. The molecule has 0 amide bonds. The molecule has 0 saturated heterocycles. The summed E-state index contributed by atoms with van der Waals surface area (Å²) >= 11 is 0. The molecule has 5 heteroatoms. The number of pyridine rings is 1. The van der Waals surface area contributed by atoms with Gasteiger partial charge in [0.2, 0.25) is 0 Å². The SMILES string of the molecule is COC(=O)c1ncn2ccccc12.Cl. The minimum Gasteiger partial charge on any atom is -0.464 e. The smallest absolute Gasteiger partial charge is 0.358 e. The third kappa shape index (κ3) is 1.56. The van der Waals surface area contributed by atoms with E-state index < -0.39 is 5.97 Å². The fourth-order valence-corrected chi connectivity index (χ4v) is 1.20. The first-order valence-corrected chi connectivity index (χ1v) is 3.83. The molecule has 2 aromatic rings. The first kappa shape index (κ1) is 10.5. The lowest BCUT2D eigenvalue weighted by molar-refractivity contribution is 0.0597. The van der Waals surface area contributed by atoms with Crippen molar-refractivity contribution in [1.82, 2.24) is 9.38 Å². The summed E-state index contributed by atoms with van der Waals surface area (Å²) in [6.07, 6.45) is 3.41. The highest BCUT2D eigenvalue weighted by atomic mass is 35.5. The van der Waals surface area contributed by atoms with Gasteiger partial charge in [-0.2, -0.15) is 0 Å². The van der Waals surface area contributed by atoms with Gasteiger partial charge in [-0.3, -0.25) is 0 Å². The normalized spacial score (nSPS) is 9.50. The lowest BCUT2D eigenvalue weighted by atomic mass is 10.3. The first-order chi connectivity index (χ1) is 6.33. The van der Waals surface area contributed by atoms with E-state index in [4.69, 9.17) is 0 Å². The molecule has 2 aromatic heterocycles. The number of fused-ring (bicyclic) bond motifs is 1. The highest BCUT2D eigenvalue weighted by molar-refractivity contribution is 5.94. The number of rotatable bonds is 1. The maximum absolute atomic E-state index is 11.2. The van der Waals surface area contributed by atoms with E-state index in [1.165, 1.54) is 7.11 Å². The topological polar surface area (TPSA) is 43.6 Å². The molecule has 0 aliphatic heterocycles. The predicted molar refractivity (Wildman–Crippen MR) is 53.8 cm³/mol. The third-order valence-corrected chi connectivity index (χ3v) is 1.82. The number of aromatic nitrogens is 2. The molecule has 2 rings (SSSR count). The number of carbonyl (C=O) groups is 1. The number of hydrogen-bond acceptors (Lipinski definition) is 3. The van der Waals surface area contributed by atoms with Crippen molar-refractivity contribution in [3.63, 3.8) is 0 Å². The van der Waals surface area contributed by atoms with Crippen LogP contribution in [0.1, 0.15) is 10.5 Å². The van der Waals surface area contributed by atoms with Gasteiger partial charge in [-0.05, 0) is 12.1 Å². The van der Waals surface area contributed by atoms with Gasteiger partial charge in [-0.15, -0.1) is 12.4 Å². The first-order valence-electron chi connectivity index (χ1n) is 3.83. The van der Waals surface area contributed by atoms with Crippen molar-refractivity contribution in [2.45, 2.75) is 0 Å². The van der Waals surface area contributed by atoms with E-state index in [0.29, 0.717) is 5.69 Å². The molecule has 2 heterocycles. The van der Waals surface area contributed by atoms with E-state index in [0.717, 1.165) is 5.52 Å². The molecule has 14 heavy (non-hydrogen) atoms. The highest BCUT2D eigenvalue weighted by Crippen LogP contribution is 2.09. The van der Waals surface area contributed by atoms with Crippen molar-refractivity contribution in [3.05, 3.63) is 36.4 Å². The van der Waals surface area contributed by atoms with Crippen LogP contribution in [0.2, 0.25) is 0 Å². The summed E-state index contributed by atoms with van der Waals surface area (Å²) in [5.74, 6) is -0.409. The lowest BCUT2D eigenvalue weighted by Gasteiger charge is -1.95. The third-order valence-electron chi connectivity index (χ3n) is 1.82.